The molecule has 1 aliphatic rings. The van der Waals surface area contributed by atoms with Crippen LogP contribution in [-0.2, 0) is 6.42 Å². The Bertz CT molecular complexity index is 1980. The maximum absolute atomic E-state index is 13.6. The van der Waals surface area contributed by atoms with Crippen LogP contribution in [0.15, 0.2) is 90.0 Å². The van der Waals surface area contributed by atoms with Crippen LogP contribution in [0.5, 0.6) is 17.2 Å². The van der Waals surface area contributed by atoms with E-state index >= 15 is 0 Å². The monoisotopic (exact) mass is 620 g/mol. The van der Waals surface area contributed by atoms with E-state index in [0.717, 1.165) is 0 Å². The molecule has 0 unspecified atom stereocenters. The molecule has 1 atom stereocenters. The Labute approximate surface area is 264 Å². The van der Waals surface area contributed by atoms with Gasteiger partial charge >= 0.3 is 0 Å². The first kappa shape index (κ1) is 30.6. The summed E-state index contributed by atoms with van der Waals surface area (Å²) in [6.07, 6.45) is 3.52. The predicted octanol–water partition coefficient (Wildman–Crippen LogP) is 4.85. The number of Topliss-reactive ketones (excluding diaryl/α,β-unsaturated/α-hetero) is 1. The summed E-state index contributed by atoms with van der Waals surface area (Å²) in [4.78, 5) is 48.4. The third kappa shape index (κ3) is 6.37. The first-order valence-corrected chi connectivity index (χ1v) is 14.8. The smallest absolute Gasteiger partial charge is 0.268 e. The zero-order valence-electron chi connectivity index (χ0n) is 25.3. The number of amides is 1. The van der Waals surface area contributed by atoms with Crippen molar-refractivity contribution >= 4 is 28.4 Å². The molecule has 0 spiro atoms. The number of ketones is 1. The van der Waals surface area contributed by atoms with Crippen LogP contribution in [0.1, 0.15) is 53.1 Å². The van der Waals surface area contributed by atoms with Crippen molar-refractivity contribution < 1.29 is 29.3 Å². The van der Waals surface area contributed by atoms with Crippen molar-refractivity contribution in [2.24, 2.45) is 0 Å². The lowest BCUT2D eigenvalue weighted by Crippen LogP contribution is -2.40. The number of hydrogen-bond donors (Lipinski definition) is 3. The third-order valence-electron chi connectivity index (χ3n) is 7.78. The maximum Gasteiger partial charge on any atom is 0.268 e. The predicted molar refractivity (Wildman–Crippen MR) is 171 cm³/mol. The molecule has 2 aromatic carbocycles. The van der Waals surface area contributed by atoms with Gasteiger partial charge in [0.25, 0.3) is 11.5 Å². The third-order valence-corrected chi connectivity index (χ3v) is 7.78. The van der Waals surface area contributed by atoms with Crippen molar-refractivity contribution in [1.82, 2.24) is 14.5 Å². The Morgan fingerprint density at radius 2 is 1.78 bits per heavy atom. The highest BCUT2D eigenvalue weighted by Crippen LogP contribution is 2.31. The number of nitrogens with zero attached hydrogens (tertiary/aromatic N) is 3. The largest absolute Gasteiger partial charge is 0.491 e. The van der Waals surface area contributed by atoms with Crippen molar-refractivity contribution in [3.05, 3.63) is 112 Å². The minimum atomic E-state index is -1.30. The van der Waals surface area contributed by atoms with Crippen LogP contribution < -0.4 is 20.3 Å². The highest BCUT2D eigenvalue weighted by Gasteiger charge is 2.27. The van der Waals surface area contributed by atoms with Crippen LogP contribution in [0.2, 0.25) is 0 Å². The molecular formula is C35H32N4O7. The van der Waals surface area contributed by atoms with Crippen molar-refractivity contribution in [1.29, 1.82) is 0 Å². The zero-order valence-corrected chi connectivity index (χ0v) is 25.3. The van der Waals surface area contributed by atoms with Gasteiger partial charge in [-0.25, -0.2) is 4.98 Å². The summed E-state index contributed by atoms with van der Waals surface area (Å²) in [5.74, 6) is 0.793. The summed E-state index contributed by atoms with van der Waals surface area (Å²) < 4.78 is 13.1. The van der Waals surface area contributed by atoms with Gasteiger partial charge in [0.05, 0.1) is 17.3 Å². The minimum Gasteiger partial charge on any atom is -0.491 e. The lowest BCUT2D eigenvalue weighted by Gasteiger charge is -2.24. The fraction of sp³-hybridized carbons (Fsp3) is 0.229. The molecule has 0 saturated heterocycles. The van der Waals surface area contributed by atoms with Gasteiger partial charge < -0.3 is 25.0 Å². The molecule has 0 saturated carbocycles. The second-order valence-electron chi connectivity index (χ2n) is 11.6. The number of aromatic nitrogens is 3. The number of hydrogen-bond acceptors (Lipinski definition) is 9. The van der Waals surface area contributed by atoms with Crippen molar-refractivity contribution in [3.63, 3.8) is 0 Å². The normalized spacial score (nSPS) is 13.6. The van der Waals surface area contributed by atoms with E-state index in [4.69, 9.17) is 9.47 Å². The highest BCUT2D eigenvalue weighted by molar-refractivity contribution is 6.06. The van der Waals surface area contributed by atoms with Gasteiger partial charge in [-0.3, -0.25) is 23.9 Å². The van der Waals surface area contributed by atoms with E-state index in [-0.39, 0.29) is 23.8 Å². The Balaban J connectivity index is 1.19. The van der Waals surface area contributed by atoms with Crippen LogP contribution in [0, 0.1) is 0 Å². The van der Waals surface area contributed by atoms with Crippen LogP contribution in [0.25, 0.3) is 16.6 Å². The number of rotatable bonds is 9. The summed E-state index contributed by atoms with van der Waals surface area (Å²) in [5.41, 5.74) is 0.212. The molecular weight excluding hydrogens is 588 g/mol. The number of aliphatic hydroxyl groups is 2. The molecule has 3 N–H and O–H groups in total. The van der Waals surface area contributed by atoms with E-state index in [0.29, 0.717) is 64.4 Å². The zero-order chi connectivity index (χ0) is 32.4. The Morgan fingerprint density at radius 1 is 1.00 bits per heavy atom. The highest BCUT2D eigenvalue weighted by atomic mass is 16.5. The van der Waals surface area contributed by atoms with Gasteiger partial charge in [-0.15, -0.1) is 0 Å². The number of pyridine rings is 3. The van der Waals surface area contributed by atoms with Gasteiger partial charge in [0.2, 0.25) is 0 Å². The summed E-state index contributed by atoms with van der Waals surface area (Å²) >= 11 is 0. The van der Waals surface area contributed by atoms with E-state index in [1.165, 1.54) is 30.7 Å². The first-order valence-electron chi connectivity index (χ1n) is 14.8. The van der Waals surface area contributed by atoms with E-state index in [1.807, 2.05) is 6.07 Å². The molecule has 11 nitrogen and oxygen atoms in total. The van der Waals surface area contributed by atoms with Gasteiger partial charge in [-0.1, -0.05) is 18.2 Å². The topological polar surface area (TPSA) is 153 Å². The number of carbonyl (C=O) groups excluding carboxylic acids is 2. The first-order chi connectivity index (χ1) is 22.1. The van der Waals surface area contributed by atoms with E-state index in [9.17, 15) is 24.6 Å². The van der Waals surface area contributed by atoms with E-state index < -0.39 is 23.2 Å². The molecule has 0 radical (unpaired) electrons. The molecule has 6 rings (SSSR count). The second kappa shape index (κ2) is 12.5. The average molecular weight is 621 g/mol. The SMILES string of the molecule is CC(C)(O)[C@H](O)COc1ccc2c(Oc3ccc(NC(=O)c4cc5c(n(-c6ccccc6)c4=O)CCCC5=O)nc3)ccnc2c1. The molecule has 0 bridgehead atoms. The van der Waals surface area contributed by atoms with Gasteiger partial charge in [0.15, 0.2) is 5.78 Å². The number of anilines is 1. The quantitative estimate of drug-likeness (QED) is 0.210. The maximum atomic E-state index is 13.6. The molecule has 1 aliphatic carbocycles. The van der Waals surface area contributed by atoms with Gasteiger partial charge in [-0.05, 0) is 75.2 Å². The van der Waals surface area contributed by atoms with Crippen molar-refractivity contribution in [2.75, 3.05) is 11.9 Å². The van der Waals surface area contributed by atoms with E-state index in [2.05, 4.69) is 15.3 Å². The molecule has 0 fully saturated rings. The van der Waals surface area contributed by atoms with Crippen LogP contribution in [-0.4, -0.2) is 54.8 Å². The number of nitrogens with one attached hydrogen (secondary N) is 1. The molecule has 1 amide bonds. The van der Waals surface area contributed by atoms with Gasteiger partial charge in [0.1, 0.15) is 41.3 Å². The molecule has 3 aromatic heterocycles. The van der Waals surface area contributed by atoms with Gasteiger partial charge in [-0.2, -0.15) is 0 Å². The minimum absolute atomic E-state index is 0.0898. The molecule has 11 heteroatoms. The fourth-order valence-electron chi connectivity index (χ4n) is 5.19. The van der Waals surface area contributed by atoms with Crippen molar-refractivity contribution in [3.8, 4) is 22.9 Å². The lowest BCUT2D eigenvalue weighted by atomic mass is 9.92. The number of benzene rings is 2. The van der Waals surface area contributed by atoms with Crippen LogP contribution >= 0.6 is 0 Å². The number of aliphatic hydroxyl groups excluding tert-OH is 1. The van der Waals surface area contributed by atoms with Gasteiger partial charge in [0, 0.05) is 41.0 Å². The number of para-hydroxylation sites is 1. The summed E-state index contributed by atoms with van der Waals surface area (Å²) in [7, 11) is 0. The Hall–Kier alpha value is -5.39. The molecule has 234 valence electrons. The average Bonchev–Trinajstić information content (AvgIpc) is 3.04. The lowest BCUT2D eigenvalue weighted by molar-refractivity contribution is -0.0661. The summed E-state index contributed by atoms with van der Waals surface area (Å²) in [6, 6.07) is 20.4. The Kier molecular flexibility index (Phi) is 8.35. The molecule has 5 aromatic rings. The number of ether oxygens (including phenoxy) is 2. The van der Waals surface area contributed by atoms with E-state index in [1.54, 1.807) is 66.9 Å². The molecule has 46 heavy (non-hydrogen) atoms. The van der Waals surface area contributed by atoms with Crippen LogP contribution in [0.3, 0.4) is 0 Å². The Morgan fingerprint density at radius 3 is 2.52 bits per heavy atom. The second-order valence-corrected chi connectivity index (χ2v) is 11.6. The summed E-state index contributed by atoms with van der Waals surface area (Å²) in [5, 5.41) is 23.3. The molecule has 0 aliphatic heterocycles. The number of carbonyl (C=O) groups is 2. The number of fused-ring (bicyclic) bond motifs is 2. The van der Waals surface area contributed by atoms with Crippen LogP contribution in [0.4, 0.5) is 5.82 Å². The van der Waals surface area contributed by atoms with Crippen molar-refractivity contribution in [2.45, 2.75) is 44.8 Å². The standard InChI is InChI=1S/C35H32N4O7/c1-35(2,44)31(41)20-45-22-11-13-24-27(17-22)36-16-15-30(24)46-23-12-14-32(37-19-23)38-33(42)26-18-25-28(9-6-10-29(25)40)39(34(26)43)21-7-4-3-5-8-21/h3-5,7-8,11-19,31,41,44H,6,9-10,20H2,1-2H3,(H,37,38,42)/t31-/m1/s1. The fourth-order valence-corrected chi connectivity index (χ4v) is 5.19. The molecule has 3 heterocycles. The summed E-state index contributed by atoms with van der Waals surface area (Å²) in [6.45, 7) is 2.92.